The van der Waals surface area contributed by atoms with Crippen LogP contribution in [0.4, 0.5) is 0 Å². The maximum absolute atomic E-state index is 6.02. The normalized spacial score (nSPS) is 11.0. The van der Waals surface area contributed by atoms with Gasteiger partial charge in [0.15, 0.2) is 0 Å². The van der Waals surface area contributed by atoms with Crippen molar-refractivity contribution in [3.8, 4) is 16.9 Å². The molecule has 5 nitrogen and oxygen atoms in total. The van der Waals surface area contributed by atoms with Crippen LogP contribution in [0.3, 0.4) is 0 Å². The molecule has 26 heavy (non-hydrogen) atoms. The lowest BCUT2D eigenvalue weighted by Gasteiger charge is -2.04. The molecule has 0 saturated carbocycles. The zero-order chi connectivity index (χ0) is 17.8. The number of para-hydroxylation sites is 1. The standard InChI is InChI=1S/C20H17ClN4O/c21-17-8-6-15(7-9-17)20-16(13-26-14-19-22-10-11-23-19)12-25(24-20)18-4-2-1-3-5-18/h1-12H,13-14H2,(H,22,23). The number of H-pyrrole nitrogens is 1. The van der Waals surface area contributed by atoms with Gasteiger partial charge in [-0.25, -0.2) is 9.67 Å². The highest BCUT2D eigenvalue weighted by Crippen LogP contribution is 2.26. The Labute approximate surface area is 156 Å². The van der Waals surface area contributed by atoms with Crippen molar-refractivity contribution in [3.05, 3.63) is 89.6 Å². The van der Waals surface area contributed by atoms with Gasteiger partial charge >= 0.3 is 0 Å². The van der Waals surface area contributed by atoms with Crippen molar-refractivity contribution < 1.29 is 4.74 Å². The summed E-state index contributed by atoms with van der Waals surface area (Å²) in [4.78, 5) is 7.21. The van der Waals surface area contributed by atoms with Gasteiger partial charge in [0.25, 0.3) is 0 Å². The Morgan fingerprint density at radius 1 is 1.00 bits per heavy atom. The fraction of sp³-hybridized carbons (Fsp3) is 0.100. The molecule has 0 unspecified atom stereocenters. The van der Waals surface area contributed by atoms with E-state index in [4.69, 9.17) is 21.4 Å². The topological polar surface area (TPSA) is 55.7 Å². The summed E-state index contributed by atoms with van der Waals surface area (Å²) in [6.07, 6.45) is 5.50. The molecule has 0 aliphatic carbocycles. The largest absolute Gasteiger partial charge is 0.369 e. The smallest absolute Gasteiger partial charge is 0.132 e. The fourth-order valence-corrected chi connectivity index (χ4v) is 2.84. The van der Waals surface area contributed by atoms with Crippen molar-refractivity contribution in [1.82, 2.24) is 19.7 Å². The number of nitrogens with zero attached hydrogens (tertiary/aromatic N) is 3. The van der Waals surface area contributed by atoms with Gasteiger partial charge in [-0.05, 0) is 24.3 Å². The number of aromatic nitrogens is 4. The lowest BCUT2D eigenvalue weighted by atomic mass is 10.1. The predicted octanol–water partition coefficient (Wildman–Crippen LogP) is 4.63. The molecule has 130 valence electrons. The molecule has 2 heterocycles. The lowest BCUT2D eigenvalue weighted by Crippen LogP contribution is -1.96. The molecule has 1 N–H and O–H groups in total. The van der Waals surface area contributed by atoms with Crippen LogP contribution in [0.1, 0.15) is 11.4 Å². The van der Waals surface area contributed by atoms with Crippen molar-refractivity contribution in [2.75, 3.05) is 0 Å². The van der Waals surface area contributed by atoms with Crippen LogP contribution < -0.4 is 0 Å². The molecule has 0 bridgehead atoms. The number of ether oxygens (including phenoxy) is 1. The zero-order valence-corrected chi connectivity index (χ0v) is 14.7. The van der Waals surface area contributed by atoms with E-state index in [1.165, 1.54) is 0 Å². The third kappa shape index (κ3) is 3.69. The van der Waals surface area contributed by atoms with Crippen molar-refractivity contribution >= 4 is 11.6 Å². The second kappa shape index (κ2) is 7.56. The summed E-state index contributed by atoms with van der Waals surface area (Å²) in [6, 6.07) is 17.7. The van der Waals surface area contributed by atoms with Crippen LogP contribution in [-0.2, 0) is 18.0 Å². The fourth-order valence-electron chi connectivity index (χ4n) is 2.71. The highest BCUT2D eigenvalue weighted by Gasteiger charge is 2.13. The minimum Gasteiger partial charge on any atom is -0.369 e. The van der Waals surface area contributed by atoms with E-state index in [1.807, 2.05) is 65.5 Å². The Morgan fingerprint density at radius 3 is 2.54 bits per heavy atom. The van der Waals surface area contributed by atoms with E-state index in [1.54, 1.807) is 12.4 Å². The summed E-state index contributed by atoms with van der Waals surface area (Å²) in [5, 5.41) is 5.47. The van der Waals surface area contributed by atoms with Crippen LogP contribution >= 0.6 is 11.6 Å². The van der Waals surface area contributed by atoms with Crippen molar-refractivity contribution in [2.24, 2.45) is 0 Å². The van der Waals surface area contributed by atoms with E-state index in [0.29, 0.717) is 18.2 Å². The summed E-state index contributed by atoms with van der Waals surface area (Å²) in [7, 11) is 0. The van der Waals surface area contributed by atoms with E-state index in [0.717, 1.165) is 28.3 Å². The van der Waals surface area contributed by atoms with Crippen LogP contribution in [-0.4, -0.2) is 19.7 Å². The lowest BCUT2D eigenvalue weighted by molar-refractivity contribution is 0.102. The summed E-state index contributed by atoms with van der Waals surface area (Å²) in [6.45, 7) is 0.856. The molecule has 4 aromatic rings. The number of rotatable bonds is 6. The number of halogens is 1. The first-order valence-electron chi connectivity index (χ1n) is 8.25. The molecule has 0 aliphatic heterocycles. The second-order valence-electron chi connectivity index (χ2n) is 5.82. The number of nitrogens with one attached hydrogen (secondary N) is 1. The van der Waals surface area contributed by atoms with E-state index >= 15 is 0 Å². The molecule has 2 aromatic heterocycles. The molecular weight excluding hydrogens is 348 g/mol. The molecule has 0 amide bonds. The van der Waals surface area contributed by atoms with Gasteiger partial charge in [-0.2, -0.15) is 5.10 Å². The molecule has 0 radical (unpaired) electrons. The molecule has 4 rings (SSSR count). The second-order valence-corrected chi connectivity index (χ2v) is 6.26. The number of hydrogen-bond acceptors (Lipinski definition) is 3. The third-order valence-corrected chi connectivity index (χ3v) is 4.23. The first-order valence-corrected chi connectivity index (χ1v) is 8.63. The molecule has 0 spiro atoms. The van der Waals surface area contributed by atoms with Crippen LogP contribution in [0.25, 0.3) is 16.9 Å². The number of imidazole rings is 1. The average Bonchev–Trinajstić information content (AvgIpc) is 3.33. The summed E-state index contributed by atoms with van der Waals surface area (Å²) in [5.74, 6) is 0.800. The van der Waals surface area contributed by atoms with Crippen LogP contribution in [0.2, 0.25) is 5.02 Å². The molecule has 6 heteroatoms. The Bertz CT molecular complexity index is 963. The van der Waals surface area contributed by atoms with Crippen molar-refractivity contribution in [1.29, 1.82) is 0 Å². The van der Waals surface area contributed by atoms with Crippen molar-refractivity contribution in [3.63, 3.8) is 0 Å². The highest BCUT2D eigenvalue weighted by molar-refractivity contribution is 6.30. The van der Waals surface area contributed by atoms with E-state index < -0.39 is 0 Å². The van der Waals surface area contributed by atoms with Crippen LogP contribution in [0.5, 0.6) is 0 Å². The highest BCUT2D eigenvalue weighted by atomic mass is 35.5. The third-order valence-electron chi connectivity index (χ3n) is 3.98. The quantitative estimate of drug-likeness (QED) is 0.542. The molecule has 0 atom stereocenters. The first kappa shape index (κ1) is 16.6. The average molecular weight is 365 g/mol. The Kier molecular flexibility index (Phi) is 4.82. The van der Waals surface area contributed by atoms with Gasteiger partial charge in [0.2, 0.25) is 0 Å². The predicted molar refractivity (Wildman–Crippen MR) is 101 cm³/mol. The maximum atomic E-state index is 6.02. The van der Waals surface area contributed by atoms with Crippen molar-refractivity contribution in [2.45, 2.75) is 13.2 Å². The van der Waals surface area contributed by atoms with E-state index in [2.05, 4.69) is 9.97 Å². The van der Waals surface area contributed by atoms with Gasteiger partial charge in [-0.15, -0.1) is 0 Å². The SMILES string of the molecule is Clc1ccc(-c2nn(-c3ccccc3)cc2COCc2ncc[nH]2)cc1. The number of benzene rings is 2. The van der Waals surface area contributed by atoms with Gasteiger partial charge in [-0.1, -0.05) is 41.9 Å². The monoisotopic (exact) mass is 364 g/mol. The van der Waals surface area contributed by atoms with Crippen LogP contribution in [0.15, 0.2) is 73.2 Å². The van der Waals surface area contributed by atoms with Gasteiger partial charge < -0.3 is 9.72 Å². The molecule has 0 fully saturated rings. The number of aromatic amines is 1. The maximum Gasteiger partial charge on any atom is 0.132 e. The molecular formula is C20H17ClN4O. The molecule has 2 aromatic carbocycles. The molecule has 0 aliphatic rings. The first-order chi connectivity index (χ1) is 12.8. The zero-order valence-electron chi connectivity index (χ0n) is 14.0. The summed E-state index contributed by atoms with van der Waals surface area (Å²) >= 11 is 6.02. The van der Waals surface area contributed by atoms with Crippen LogP contribution in [0, 0.1) is 0 Å². The van der Waals surface area contributed by atoms with Gasteiger partial charge in [-0.3, -0.25) is 0 Å². The summed E-state index contributed by atoms with van der Waals surface area (Å²) in [5.41, 5.74) is 3.88. The summed E-state index contributed by atoms with van der Waals surface area (Å²) < 4.78 is 7.70. The van der Waals surface area contributed by atoms with Gasteiger partial charge in [0.1, 0.15) is 12.4 Å². The van der Waals surface area contributed by atoms with E-state index in [9.17, 15) is 0 Å². The van der Waals surface area contributed by atoms with E-state index in [-0.39, 0.29) is 0 Å². The minimum absolute atomic E-state index is 0.420. The van der Waals surface area contributed by atoms with Gasteiger partial charge in [0, 0.05) is 34.7 Å². The number of hydrogen-bond donors (Lipinski definition) is 1. The Hall–Kier alpha value is -2.89. The van der Waals surface area contributed by atoms with Gasteiger partial charge in [0.05, 0.1) is 18.0 Å². The Balaban J connectivity index is 1.63. The Morgan fingerprint density at radius 2 is 1.81 bits per heavy atom. The minimum atomic E-state index is 0.420. The molecule has 0 saturated heterocycles.